The number of hydrogen-bond acceptors (Lipinski definition) is 3. The maximum absolute atomic E-state index is 10.2. The molecule has 3 aromatic rings. The van der Waals surface area contributed by atoms with Crippen LogP contribution in [0.3, 0.4) is 0 Å². The summed E-state index contributed by atoms with van der Waals surface area (Å²) < 4.78 is 6.00. The molecule has 0 bridgehead atoms. The number of aliphatic hydroxyl groups excluding tert-OH is 1. The second-order valence-electron chi connectivity index (χ2n) is 7.71. The molecule has 0 radical (unpaired) electrons. The summed E-state index contributed by atoms with van der Waals surface area (Å²) in [5, 5.41) is 11.3. The highest BCUT2D eigenvalue weighted by Crippen LogP contribution is 2.35. The van der Waals surface area contributed by atoms with Gasteiger partial charge in [-0.1, -0.05) is 48.5 Å². The Labute approximate surface area is 155 Å². The van der Waals surface area contributed by atoms with Crippen molar-refractivity contribution in [2.24, 2.45) is 5.41 Å². The van der Waals surface area contributed by atoms with Crippen molar-refractivity contribution in [3.63, 3.8) is 0 Å². The molecule has 0 saturated carbocycles. The number of piperidine rings is 1. The van der Waals surface area contributed by atoms with Gasteiger partial charge < -0.3 is 9.52 Å². The van der Waals surface area contributed by atoms with Crippen LogP contribution in [0, 0.1) is 5.41 Å². The van der Waals surface area contributed by atoms with E-state index in [4.69, 9.17) is 4.42 Å². The van der Waals surface area contributed by atoms with Gasteiger partial charge in [-0.3, -0.25) is 4.90 Å². The second kappa shape index (κ2) is 7.65. The SMILES string of the molecule is OC[C@]1(CCc2ccccc2)CCCN(Cc2cc3ccccc3o2)C1. The van der Waals surface area contributed by atoms with E-state index in [0.717, 1.165) is 62.0 Å². The van der Waals surface area contributed by atoms with E-state index in [9.17, 15) is 5.11 Å². The Kier molecular flexibility index (Phi) is 5.09. The zero-order valence-corrected chi connectivity index (χ0v) is 15.2. The molecule has 0 spiro atoms. The van der Waals surface area contributed by atoms with Gasteiger partial charge in [0.05, 0.1) is 6.54 Å². The Morgan fingerprint density at radius 1 is 1.04 bits per heavy atom. The molecular weight excluding hydrogens is 322 g/mol. The molecule has 1 saturated heterocycles. The summed E-state index contributed by atoms with van der Waals surface area (Å²) >= 11 is 0. The highest BCUT2D eigenvalue weighted by atomic mass is 16.3. The molecular formula is C23H27NO2. The predicted molar refractivity (Wildman–Crippen MR) is 105 cm³/mol. The summed E-state index contributed by atoms with van der Waals surface area (Å²) in [6.45, 7) is 3.09. The molecule has 0 amide bonds. The lowest BCUT2D eigenvalue weighted by Crippen LogP contribution is -2.45. The molecule has 1 aromatic heterocycles. The van der Waals surface area contributed by atoms with Crippen molar-refractivity contribution in [3.05, 3.63) is 72.0 Å². The van der Waals surface area contributed by atoms with Gasteiger partial charge in [-0.05, 0) is 49.9 Å². The predicted octanol–water partition coefficient (Wildman–Crippen LogP) is 4.64. The molecule has 0 unspecified atom stereocenters. The normalized spacial score (nSPS) is 21.3. The summed E-state index contributed by atoms with van der Waals surface area (Å²) in [6, 6.07) is 20.9. The Morgan fingerprint density at radius 3 is 2.65 bits per heavy atom. The van der Waals surface area contributed by atoms with Crippen LogP contribution < -0.4 is 0 Å². The first kappa shape index (κ1) is 17.3. The molecule has 1 N–H and O–H groups in total. The van der Waals surface area contributed by atoms with E-state index in [2.05, 4.69) is 47.4 Å². The van der Waals surface area contributed by atoms with Gasteiger partial charge in [-0.25, -0.2) is 0 Å². The van der Waals surface area contributed by atoms with Gasteiger partial charge in [-0.15, -0.1) is 0 Å². The molecule has 2 aromatic carbocycles. The first-order chi connectivity index (χ1) is 12.8. The molecule has 3 heteroatoms. The molecule has 4 rings (SSSR count). The number of rotatable bonds is 6. The zero-order valence-electron chi connectivity index (χ0n) is 15.2. The standard InChI is InChI=1S/C23H27NO2/c25-18-23(13-11-19-7-2-1-3-8-19)12-6-14-24(17-23)16-21-15-20-9-4-5-10-22(20)26-21/h1-5,7-10,15,25H,6,11-14,16-18H2/t23-/m0/s1. The Morgan fingerprint density at radius 2 is 1.85 bits per heavy atom. The summed E-state index contributed by atoms with van der Waals surface area (Å²) in [7, 11) is 0. The highest BCUT2D eigenvalue weighted by molar-refractivity contribution is 5.77. The number of para-hydroxylation sites is 1. The van der Waals surface area contributed by atoms with Crippen molar-refractivity contribution in [2.75, 3.05) is 19.7 Å². The Hall–Kier alpha value is -2.10. The molecule has 136 valence electrons. The molecule has 1 atom stereocenters. The van der Waals surface area contributed by atoms with Gasteiger partial charge in [0.1, 0.15) is 11.3 Å². The number of nitrogens with zero attached hydrogens (tertiary/aromatic N) is 1. The third kappa shape index (κ3) is 3.84. The third-order valence-corrected chi connectivity index (χ3v) is 5.72. The van der Waals surface area contributed by atoms with Crippen LogP contribution in [0.2, 0.25) is 0 Å². The quantitative estimate of drug-likeness (QED) is 0.704. The number of aliphatic hydroxyl groups is 1. The topological polar surface area (TPSA) is 36.6 Å². The van der Waals surface area contributed by atoms with Crippen molar-refractivity contribution in [1.82, 2.24) is 4.90 Å². The third-order valence-electron chi connectivity index (χ3n) is 5.72. The smallest absolute Gasteiger partial charge is 0.134 e. The van der Waals surface area contributed by atoms with Crippen LogP contribution in [-0.2, 0) is 13.0 Å². The first-order valence-electron chi connectivity index (χ1n) is 9.61. The van der Waals surface area contributed by atoms with Crippen LogP contribution in [0.15, 0.2) is 65.1 Å². The van der Waals surface area contributed by atoms with E-state index >= 15 is 0 Å². The molecule has 1 aliphatic rings. The highest BCUT2D eigenvalue weighted by Gasteiger charge is 2.34. The Balaban J connectivity index is 1.43. The van der Waals surface area contributed by atoms with E-state index in [0.29, 0.717) is 0 Å². The van der Waals surface area contributed by atoms with Crippen LogP contribution in [0.25, 0.3) is 11.0 Å². The number of benzene rings is 2. The molecule has 3 nitrogen and oxygen atoms in total. The summed E-state index contributed by atoms with van der Waals surface area (Å²) in [5.41, 5.74) is 2.31. The number of likely N-dealkylation sites (tertiary alicyclic amines) is 1. The number of aryl methyl sites for hydroxylation is 1. The van der Waals surface area contributed by atoms with Gasteiger partial charge >= 0.3 is 0 Å². The fourth-order valence-corrected chi connectivity index (χ4v) is 4.25. The van der Waals surface area contributed by atoms with Gasteiger partial charge in [0.25, 0.3) is 0 Å². The molecule has 1 fully saturated rings. The second-order valence-corrected chi connectivity index (χ2v) is 7.71. The van der Waals surface area contributed by atoms with E-state index in [1.54, 1.807) is 0 Å². The summed E-state index contributed by atoms with van der Waals surface area (Å²) in [5.74, 6) is 1.02. The zero-order chi connectivity index (χ0) is 17.8. The summed E-state index contributed by atoms with van der Waals surface area (Å²) in [6.07, 6.45) is 4.30. The fourth-order valence-electron chi connectivity index (χ4n) is 4.25. The van der Waals surface area contributed by atoms with Crippen LogP contribution in [0.4, 0.5) is 0 Å². The van der Waals surface area contributed by atoms with E-state index in [1.165, 1.54) is 5.56 Å². The van der Waals surface area contributed by atoms with Crippen molar-refractivity contribution >= 4 is 11.0 Å². The minimum absolute atomic E-state index is 0.000106. The first-order valence-corrected chi connectivity index (χ1v) is 9.61. The largest absolute Gasteiger partial charge is 0.460 e. The van der Waals surface area contributed by atoms with Crippen LogP contribution in [-0.4, -0.2) is 29.7 Å². The number of fused-ring (bicyclic) bond motifs is 1. The minimum Gasteiger partial charge on any atom is -0.460 e. The number of furan rings is 1. The molecule has 1 aliphatic heterocycles. The number of hydrogen-bond donors (Lipinski definition) is 1. The van der Waals surface area contributed by atoms with Crippen LogP contribution >= 0.6 is 0 Å². The van der Waals surface area contributed by atoms with Crippen LogP contribution in [0.5, 0.6) is 0 Å². The van der Waals surface area contributed by atoms with E-state index in [1.807, 2.05) is 18.2 Å². The maximum atomic E-state index is 10.2. The fraction of sp³-hybridized carbons (Fsp3) is 0.391. The Bertz CT molecular complexity index is 809. The molecule has 2 heterocycles. The minimum atomic E-state index is 0.000106. The van der Waals surface area contributed by atoms with E-state index in [-0.39, 0.29) is 12.0 Å². The molecule has 26 heavy (non-hydrogen) atoms. The lowest BCUT2D eigenvalue weighted by Gasteiger charge is -2.41. The van der Waals surface area contributed by atoms with Gasteiger partial charge in [0, 0.05) is 24.0 Å². The van der Waals surface area contributed by atoms with Crippen molar-refractivity contribution in [3.8, 4) is 0 Å². The van der Waals surface area contributed by atoms with Gasteiger partial charge in [0.15, 0.2) is 0 Å². The van der Waals surface area contributed by atoms with Crippen molar-refractivity contribution in [1.29, 1.82) is 0 Å². The van der Waals surface area contributed by atoms with Crippen molar-refractivity contribution < 1.29 is 9.52 Å². The average molecular weight is 349 g/mol. The van der Waals surface area contributed by atoms with Crippen molar-refractivity contribution in [2.45, 2.75) is 32.2 Å². The average Bonchev–Trinajstić information content (AvgIpc) is 3.10. The monoisotopic (exact) mass is 349 g/mol. The van der Waals surface area contributed by atoms with Gasteiger partial charge in [0.2, 0.25) is 0 Å². The lowest BCUT2D eigenvalue weighted by atomic mass is 9.76. The lowest BCUT2D eigenvalue weighted by molar-refractivity contribution is 0.0200. The van der Waals surface area contributed by atoms with Gasteiger partial charge in [-0.2, -0.15) is 0 Å². The van der Waals surface area contributed by atoms with E-state index < -0.39 is 0 Å². The van der Waals surface area contributed by atoms with Crippen LogP contribution in [0.1, 0.15) is 30.6 Å². The summed E-state index contributed by atoms with van der Waals surface area (Å²) in [4.78, 5) is 2.45. The molecule has 0 aliphatic carbocycles. The maximum Gasteiger partial charge on any atom is 0.134 e.